The Kier molecular flexibility index (Phi) is 8.74. The maximum absolute atomic E-state index is 5.63. The summed E-state index contributed by atoms with van der Waals surface area (Å²) in [4.78, 5) is 4.59. The van der Waals surface area contributed by atoms with Gasteiger partial charge in [0.25, 0.3) is 0 Å². The summed E-state index contributed by atoms with van der Waals surface area (Å²) in [7, 11) is 6.44. The van der Waals surface area contributed by atoms with E-state index in [9.17, 15) is 0 Å². The number of nitrogens with zero attached hydrogens (tertiary/aromatic N) is 2. The Balaban J connectivity index is 1.81. The zero-order chi connectivity index (χ0) is 18.2. The molecule has 0 N–H and O–H groups in total. The third kappa shape index (κ3) is 6.58. The summed E-state index contributed by atoms with van der Waals surface area (Å²) in [6.07, 6.45) is 7.59. The van der Waals surface area contributed by atoms with Crippen LogP contribution in [0.4, 0.5) is 0 Å². The molecule has 2 nitrogen and oxygen atoms in total. The predicted molar refractivity (Wildman–Crippen MR) is 117 cm³/mol. The fourth-order valence-electron chi connectivity index (χ4n) is 3.61. The molecule has 0 heterocycles. The highest BCUT2D eigenvalue weighted by molar-refractivity contribution is 8.22. The molecule has 1 aromatic rings. The second-order valence-corrected chi connectivity index (χ2v) is 9.29. The molecular weight excluding hydrogens is 344 g/mol. The van der Waals surface area contributed by atoms with Crippen molar-refractivity contribution >= 4 is 28.3 Å². The molecule has 0 spiro atoms. The van der Waals surface area contributed by atoms with E-state index in [0.29, 0.717) is 6.04 Å². The minimum Gasteiger partial charge on any atom is -0.358 e. The van der Waals surface area contributed by atoms with Gasteiger partial charge < -0.3 is 9.80 Å². The van der Waals surface area contributed by atoms with Crippen LogP contribution in [-0.4, -0.2) is 47.1 Å². The quantitative estimate of drug-likeness (QED) is 0.455. The van der Waals surface area contributed by atoms with Crippen molar-refractivity contribution in [2.24, 2.45) is 0 Å². The number of hydrogen-bond donors (Lipinski definition) is 0. The van der Waals surface area contributed by atoms with Crippen molar-refractivity contribution in [3.05, 3.63) is 35.4 Å². The maximum atomic E-state index is 5.63. The third-order valence-electron chi connectivity index (χ3n) is 5.21. The number of rotatable bonds is 7. The number of hydrogen-bond acceptors (Lipinski definition) is 3. The Bertz CT molecular complexity index is 519. The first kappa shape index (κ1) is 20.7. The van der Waals surface area contributed by atoms with Crippen LogP contribution in [0, 0.1) is 0 Å². The summed E-state index contributed by atoms with van der Waals surface area (Å²) in [6, 6.07) is 9.92. The molecular formula is C21H34N2S2. The average molecular weight is 379 g/mol. The van der Waals surface area contributed by atoms with Gasteiger partial charge in [0.05, 0.1) is 0 Å². The number of thioether (sulfide) groups is 1. The molecule has 0 unspecified atom stereocenters. The van der Waals surface area contributed by atoms with Crippen molar-refractivity contribution in [2.75, 3.05) is 26.9 Å². The summed E-state index contributed by atoms with van der Waals surface area (Å²) in [5, 5.41) is 0. The largest absolute Gasteiger partial charge is 0.358 e. The van der Waals surface area contributed by atoms with Gasteiger partial charge in [-0.05, 0) is 63.2 Å². The van der Waals surface area contributed by atoms with Crippen molar-refractivity contribution in [3.63, 3.8) is 0 Å². The predicted octanol–water partition coefficient (Wildman–Crippen LogP) is 5.52. The highest BCUT2D eigenvalue weighted by Gasteiger charge is 2.26. The van der Waals surface area contributed by atoms with E-state index in [-0.39, 0.29) is 0 Å². The number of unbranched alkanes of at least 4 members (excludes halogenated alkanes) is 1. The van der Waals surface area contributed by atoms with E-state index in [1.54, 1.807) is 0 Å². The molecule has 140 valence electrons. The molecule has 1 saturated carbocycles. The van der Waals surface area contributed by atoms with Crippen LogP contribution >= 0.6 is 24.0 Å². The second-order valence-electron chi connectivity index (χ2n) is 7.56. The van der Waals surface area contributed by atoms with E-state index in [1.165, 1.54) is 49.7 Å². The van der Waals surface area contributed by atoms with Gasteiger partial charge in [-0.25, -0.2) is 0 Å². The van der Waals surface area contributed by atoms with E-state index >= 15 is 0 Å². The molecule has 0 atom stereocenters. The Morgan fingerprint density at radius 1 is 1.08 bits per heavy atom. The fraction of sp³-hybridized carbons (Fsp3) is 0.667. The highest BCUT2D eigenvalue weighted by atomic mass is 32.2. The molecule has 0 saturated heterocycles. The minimum atomic E-state index is 0.630. The molecule has 0 bridgehead atoms. The van der Waals surface area contributed by atoms with E-state index in [2.05, 4.69) is 62.1 Å². The van der Waals surface area contributed by atoms with Crippen molar-refractivity contribution in [1.29, 1.82) is 0 Å². The lowest BCUT2D eigenvalue weighted by atomic mass is 9.81. The lowest BCUT2D eigenvalue weighted by Crippen LogP contribution is -2.37. The van der Waals surface area contributed by atoms with Crippen LogP contribution in [0.15, 0.2) is 24.3 Å². The van der Waals surface area contributed by atoms with Gasteiger partial charge in [-0.1, -0.05) is 61.6 Å². The third-order valence-corrected chi connectivity index (χ3v) is 6.88. The number of thiocarbonyl (C=S) groups is 1. The zero-order valence-corrected chi connectivity index (χ0v) is 18.0. The van der Waals surface area contributed by atoms with Crippen molar-refractivity contribution in [3.8, 4) is 0 Å². The van der Waals surface area contributed by atoms with Gasteiger partial charge in [0.1, 0.15) is 4.32 Å². The standard InChI is InChI=1S/C21H34N2S2/c1-5-6-15-25-21(24)23(4)20-13-11-19(12-14-20)18-9-7-17(8-10-18)16-22(2)3/h7-10,19-20H,5-6,11-16H2,1-4H3. The first-order valence-corrected chi connectivity index (χ1v) is 11.0. The summed E-state index contributed by atoms with van der Waals surface area (Å²) in [5.74, 6) is 1.88. The van der Waals surface area contributed by atoms with Gasteiger partial charge in [-0.15, -0.1) is 0 Å². The van der Waals surface area contributed by atoms with Crippen LogP contribution in [0.2, 0.25) is 0 Å². The van der Waals surface area contributed by atoms with Crippen molar-refractivity contribution < 1.29 is 0 Å². The van der Waals surface area contributed by atoms with Crippen LogP contribution in [0.5, 0.6) is 0 Å². The van der Waals surface area contributed by atoms with Gasteiger partial charge in [0, 0.05) is 25.4 Å². The van der Waals surface area contributed by atoms with Gasteiger partial charge in [0.15, 0.2) is 0 Å². The monoisotopic (exact) mass is 378 g/mol. The average Bonchev–Trinajstić information content (AvgIpc) is 2.61. The molecule has 1 fully saturated rings. The zero-order valence-electron chi connectivity index (χ0n) is 16.3. The highest BCUT2D eigenvalue weighted by Crippen LogP contribution is 2.35. The van der Waals surface area contributed by atoms with E-state index in [4.69, 9.17) is 12.2 Å². The van der Waals surface area contributed by atoms with Gasteiger partial charge in [-0.2, -0.15) is 0 Å². The summed E-state index contributed by atoms with van der Waals surface area (Å²) < 4.78 is 1.09. The van der Waals surface area contributed by atoms with E-state index in [0.717, 1.165) is 22.5 Å². The molecule has 0 aliphatic heterocycles. The lowest BCUT2D eigenvalue weighted by molar-refractivity contribution is 0.267. The molecule has 0 aromatic heterocycles. The van der Waals surface area contributed by atoms with Gasteiger partial charge in [0.2, 0.25) is 0 Å². The first-order chi connectivity index (χ1) is 12.0. The molecule has 25 heavy (non-hydrogen) atoms. The fourth-order valence-corrected chi connectivity index (χ4v) is 4.97. The van der Waals surface area contributed by atoms with Crippen molar-refractivity contribution in [2.45, 2.75) is 64.0 Å². The molecule has 1 aliphatic carbocycles. The van der Waals surface area contributed by atoms with Crippen molar-refractivity contribution in [1.82, 2.24) is 9.80 Å². The first-order valence-electron chi connectivity index (χ1n) is 9.64. The maximum Gasteiger partial charge on any atom is 0.136 e. The van der Waals surface area contributed by atoms with E-state index < -0.39 is 0 Å². The molecule has 0 radical (unpaired) electrons. The van der Waals surface area contributed by atoms with Crippen LogP contribution in [0.25, 0.3) is 0 Å². The molecule has 1 aliphatic rings. The summed E-state index contributed by atoms with van der Waals surface area (Å²) in [6.45, 7) is 3.26. The summed E-state index contributed by atoms with van der Waals surface area (Å²) >= 11 is 7.49. The molecule has 0 amide bonds. The Labute approximate surface area is 164 Å². The van der Waals surface area contributed by atoms with Crippen LogP contribution in [-0.2, 0) is 6.54 Å². The lowest BCUT2D eigenvalue weighted by Gasteiger charge is -2.36. The van der Waals surface area contributed by atoms with Crippen LogP contribution in [0.3, 0.4) is 0 Å². The SMILES string of the molecule is CCCCSC(=S)N(C)C1CCC(c2ccc(CN(C)C)cc2)CC1. The topological polar surface area (TPSA) is 6.48 Å². The Morgan fingerprint density at radius 2 is 1.72 bits per heavy atom. The van der Waals surface area contributed by atoms with Gasteiger partial charge >= 0.3 is 0 Å². The number of benzene rings is 1. The molecule has 4 heteroatoms. The van der Waals surface area contributed by atoms with Gasteiger partial charge in [-0.3, -0.25) is 0 Å². The van der Waals surface area contributed by atoms with E-state index in [1.807, 2.05) is 11.8 Å². The second kappa shape index (κ2) is 10.5. The van der Waals surface area contributed by atoms with Crippen LogP contribution in [0.1, 0.15) is 62.5 Å². The summed E-state index contributed by atoms with van der Waals surface area (Å²) in [5.41, 5.74) is 2.92. The molecule has 1 aromatic carbocycles. The smallest absolute Gasteiger partial charge is 0.136 e. The van der Waals surface area contributed by atoms with Crippen LogP contribution < -0.4 is 0 Å². The minimum absolute atomic E-state index is 0.630. The Hall–Kier alpha value is -0.580. The Morgan fingerprint density at radius 3 is 2.28 bits per heavy atom. The normalized spacial score (nSPS) is 20.7. The molecule has 2 rings (SSSR count).